The van der Waals surface area contributed by atoms with Gasteiger partial charge in [0.2, 0.25) is 0 Å². The van der Waals surface area contributed by atoms with E-state index in [-0.39, 0.29) is 11.8 Å². The number of hydrogen-bond donors (Lipinski definition) is 1. The molecule has 1 N–H and O–H groups in total. The second kappa shape index (κ2) is 9.82. The van der Waals surface area contributed by atoms with E-state index in [1.807, 2.05) is 31.5 Å². The van der Waals surface area contributed by atoms with Gasteiger partial charge in [-0.2, -0.15) is 5.10 Å². The number of hydrogen-bond acceptors (Lipinski definition) is 4. The highest BCUT2D eigenvalue weighted by Crippen LogP contribution is 2.41. The minimum Gasteiger partial charge on any atom is -0.492 e. The number of rotatable bonds is 5. The van der Waals surface area contributed by atoms with Crippen molar-refractivity contribution in [3.05, 3.63) is 64.7 Å². The number of methoxy groups -OCH3 is 1. The van der Waals surface area contributed by atoms with Gasteiger partial charge in [-0.15, -0.1) is 0 Å². The highest BCUT2D eigenvalue weighted by molar-refractivity contribution is 5.99. The molecule has 1 aliphatic heterocycles. The Labute approximate surface area is 222 Å². The zero-order chi connectivity index (χ0) is 27.2. The van der Waals surface area contributed by atoms with Crippen LogP contribution in [-0.4, -0.2) is 45.0 Å². The summed E-state index contributed by atoms with van der Waals surface area (Å²) in [4.78, 5) is 17.9. The number of carbonyl (C=O) groups is 1. The number of carbonyl (C=O) groups excluding carboxylic acids is 1. The third-order valence-corrected chi connectivity index (χ3v) is 7.07. The van der Waals surface area contributed by atoms with E-state index in [0.29, 0.717) is 30.6 Å². The maximum atomic E-state index is 15.4. The van der Waals surface area contributed by atoms with E-state index in [2.05, 4.69) is 37.0 Å². The smallest absolute Gasteiger partial charge is 0.410 e. The average Bonchev–Trinajstić information content (AvgIpc) is 3.51. The van der Waals surface area contributed by atoms with E-state index in [1.54, 1.807) is 11.1 Å². The molecule has 8 heteroatoms. The minimum atomic E-state index is -0.600. The molecule has 3 heterocycles. The van der Waals surface area contributed by atoms with Crippen LogP contribution < -0.4 is 4.74 Å². The molecule has 4 aromatic rings. The third-order valence-electron chi connectivity index (χ3n) is 7.07. The minimum absolute atomic E-state index is 0.173. The van der Waals surface area contributed by atoms with Gasteiger partial charge in [0.15, 0.2) is 11.6 Å². The van der Waals surface area contributed by atoms with Crippen molar-refractivity contribution in [3.63, 3.8) is 0 Å². The number of nitrogens with zero attached hydrogens (tertiary/aromatic N) is 3. The lowest BCUT2D eigenvalue weighted by atomic mass is 9.97. The number of para-hydroxylation sites is 1. The van der Waals surface area contributed by atoms with Crippen molar-refractivity contribution in [3.8, 4) is 22.7 Å². The predicted octanol–water partition coefficient (Wildman–Crippen LogP) is 6.59. The van der Waals surface area contributed by atoms with Crippen molar-refractivity contribution < 1.29 is 18.7 Å². The first-order chi connectivity index (χ1) is 18.2. The number of nitrogens with one attached hydrogen (secondary N) is 1. The molecule has 0 saturated heterocycles. The normalized spacial score (nSPS) is 13.6. The topological polar surface area (TPSA) is 72.4 Å². The summed E-state index contributed by atoms with van der Waals surface area (Å²) < 4.78 is 28.5. The summed E-state index contributed by atoms with van der Waals surface area (Å²) in [6.45, 7) is 10.7. The van der Waals surface area contributed by atoms with Crippen LogP contribution in [0.5, 0.6) is 5.75 Å². The number of halogens is 1. The van der Waals surface area contributed by atoms with Crippen molar-refractivity contribution in [2.24, 2.45) is 0 Å². The lowest BCUT2D eigenvalue weighted by Crippen LogP contribution is -2.39. The fourth-order valence-electron chi connectivity index (χ4n) is 5.35. The molecule has 0 aliphatic carbocycles. The van der Waals surface area contributed by atoms with Gasteiger partial charge in [-0.25, -0.2) is 13.9 Å². The zero-order valence-electron chi connectivity index (χ0n) is 22.9. The van der Waals surface area contributed by atoms with E-state index in [9.17, 15) is 4.79 Å². The number of aromatic nitrogens is 3. The molecule has 2 aromatic carbocycles. The number of aromatic amines is 1. The molecule has 0 fully saturated rings. The second-order valence-corrected chi connectivity index (χ2v) is 10.7. The van der Waals surface area contributed by atoms with Crippen LogP contribution in [0, 0.1) is 5.82 Å². The highest BCUT2D eigenvalue weighted by atomic mass is 19.1. The van der Waals surface area contributed by atoms with E-state index < -0.39 is 11.4 Å². The first-order valence-electron chi connectivity index (χ1n) is 13.2. The van der Waals surface area contributed by atoms with Crippen molar-refractivity contribution in [1.82, 2.24) is 19.7 Å². The molecule has 5 rings (SSSR count). The van der Waals surface area contributed by atoms with Crippen LogP contribution in [0.4, 0.5) is 9.18 Å². The molecule has 0 radical (unpaired) electrons. The van der Waals surface area contributed by atoms with E-state index in [4.69, 9.17) is 14.6 Å². The van der Waals surface area contributed by atoms with Crippen LogP contribution in [0.15, 0.2) is 36.5 Å². The van der Waals surface area contributed by atoms with Gasteiger partial charge in [0, 0.05) is 35.7 Å². The monoisotopic (exact) mass is 518 g/mol. The van der Waals surface area contributed by atoms with Crippen molar-refractivity contribution >= 4 is 17.0 Å². The van der Waals surface area contributed by atoms with Gasteiger partial charge < -0.3 is 19.4 Å². The fraction of sp³-hybridized carbons (Fsp3) is 0.400. The van der Waals surface area contributed by atoms with Gasteiger partial charge >= 0.3 is 6.09 Å². The molecule has 1 aliphatic rings. The molecule has 1 amide bonds. The molecule has 2 aromatic heterocycles. The van der Waals surface area contributed by atoms with Gasteiger partial charge in [-0.1, -0.05) is 32.0 Å². The molecule has 38 heavy (non-hydrogen) atoms. The maximum Gasteiger partial charge on any atom is 0.410 e. The molecule has 0 atom stereocenters. The number of amides is 1. The summed E-state index contributed by atoms with van der Waals surface area (Å²) in [5.41, 5.74) is 6.63. The van der Waals surface area contributed by atoms with Gasteiger partial charge in [-0.05, 0) is 56.9 Å². The number of aryl methyl sites for hydroxylation is 2. The van der Waals surface area contributed by atoms with Crippen molar-refractivity contribution in [2.75, 3.05) is 13.7 Å². The fourth-order valence-corrected chi connectivity index (χ4v) is 5.35. The van der Waals surface area contributed by atoms with E-state index in [1.165, 1.54) is 13.2 Å². The summed E-state index contributed by atoms with van der Waals surface area (Å²) in [5, 5.41) is 5.95. The summed E-state index contributed by atoms with van der Waals surface area (Å²) >= 11 is 0. The molecular formula is C30H35FN4O3. The largest absolute Gasteiger partial charge is 0.492 e. The second-order valence-electron chi connectivity index (χ2n) is 10.7. The predicted molar refractivity (Wildman–Crippen MR) is 146 cm³/mol. The van der Waals surface area contributed by atoms with Gasteiger partial charge in [-0.3, -0.25) is 0 Å². The molecule has 7 nitrogen and oxygen atoms in total. The highest BCUT2D eigenvalue weighted by Gasteiger charge is 2.33. The Morgan fingerprint density at radius 1 is 1.16 bits per heavy atom. The van der Waals surface area contributed by atoms with E-state index in [0.717, 1.165) is 52.0 Å². The van der Waals surface area contributed by atoms with Gasteiger partial charge in [0.1, 0.15) is 5.60 Å². The Hall–Kier alpha value is -3.81. The first-order valence-corrected chi connectivity index (χ1v) is 13.2. The van der Waals surface area contributed by atoms with Gasteiger partial charge in [0.05, 0.1) is 36.2 Å². The zero-order valence-corrected chi connectivity index (χ0v) is 22.9. The number of fused-ring (bicyclic) bond motifs is 2. The molecule has 0 bridgehead atoms. The Morgan fingerprint density at radius 3 is 2.50 bits per heavy atom. The van der Waals surface area contributed by atoms with Crippen molar-refractivity contribution in [1.29, 1.82) is 0 Å². The lowest BCUT2D eigenvalue weighted by Gasteiger charge is -2.30. The standard InChI is InChI=1S/C30H35FN4O3/c1-7-18-10-9-11-19(8-2)26(18)35-27(21-16-23(31)28(37-6)25-20(21)12-14-32-25)22-17-34(15-13-24(22)33-35)29(36)38-30(3,4)5/h9-12,14,16,32H,7-8,13,15,17H2,1-6H3. The quantitative estimate of drug-likeness (QED) is 0.324. The summed E-state index contributed by atoms with van der Waals surface area (Å²) in [6.07, 6.45) is 3.66. The number of benzene rings is 2. The van der Waals surface area contributed by atoms with Gasteiger partial charge in [0.25, 0.3) is 0 Å². The number of H-pyrrole nitrogens is 1. The Morgan fingerprint density at radius 2 is 1.87 bits per heavy atom. The third kappa shape index (κ3) is 4.42. The number of ether oxygens (including phenoxy) is 2. The van der Waals surface area contributed by atoms with Crippen LogP contribution in [-0.2, 0) is 30.5 Å². The molecule has 200 valence electrons. The average molecular weight is 519 g/mol. The SMILES string of the molecule is CCc1cccc(CC)c1-n1nc2c(c1-c1cc(F)c(OC)c3[nH]ccc13)CN(C(=O)OC(C)(C)C)CC2. The Kier molecular flexibility index (Phi) is 6.67. The molecule has 0 saturated carbocycles. The molecule has 0 spiro atoms. The van der Waals surface area contributed by atoms with Crippen LogP contribution in [0.2, 0.25) is 0 Å². The molecular weight excluding hydrogens is 483 g/mol. The summed E-state index contributed by atoms with van der Waals surface area (Å²) in [6, 6.07) is 9.76. The summed E-state index contributed by atoms with van der Waals surface area (Å²) in [5.74, 6) is -0.287. The lowest BCUT2D eigenvalue weighted by molar-refractivity contribution is 0.0224. The Bertz CT molecular complexity index is 1490. The van der Waals surface area contributed by atoms with Crippen LogP contribution >= 0.6 is 0 Å². The summed E-state index contributed by atoms with van der Waals surface area (Å²) in [7, 11) is 1.47. The van der Waals surface area contributed by atoms with Crippen LogP contribution in [0.1, 0.15) is 57.0 Å². The van der Waals surface area contributed by atoms with Crippen LogP contribution in [0.25, 0.3) is 27.8 Å². The van der Waals surface area contributed by atoms with Crippen LogP contribution in [0.3, 0.4) is 0 Å². The maximum absolute atomic E-state index is 15.4. The molecule has 0 unspecified atom stereocenters. The first kappa shape index (κ1) is 25.8. The Balaban J connectivity index is 1.78. The van der Waals surface area contributed by atoms with Crippen molar-refractivity contribution in [2.45, 2.75) is 66.0 Å². The van der Waals surface area contributed by atoms with E-state index >= 15 is 4.39 Å².